The fourth-order valence-corrected chi connectivity index (χ4v) is 5.29. The Bertz CT molecular complexity index is 1220. The monoisotopic (exact) mass is 599 g/mol. The Balaban J connectivity index is 1.34. The number of nitrogens with one attached hydrogen (secondary N) is 2. The second-order valence-corrected chi connectivity index (χ2v) is 11.1. The average Bonchev–Trinajstić information content (AvgIpc) is 2.90. The van der Waals surface area contributed by atoms with Crippen LogP contribution in [0.5, 0.6) is 5.75 Å². The zero-order valence-corrected chi connectivity index (χ0v) is 24.2. The zero-order chi connectivity index (χ0) is 27.1. The Kier molecular flexibility index (Phi) is 9.71. The topological polar surface area (TPSA) is 73.8 Å². The van der Waals surface area contributed by atoms with E-state index in [-0.39, 0.29) is 6.03 Å². The quantitative estimate of drug-likeness (QED) is 0.233. The highest BCUT2D eigenvalue weighted by Gasteiger charge is 2.34. The van der Waals surface area contributed by atoms with E-state index in [1.165, 1.54) is 0 Å². The summed E-state index contributed by atoms with van der Waals surface area (Å²) in [6.45, 7) is 6.56. The van der Waals surface area contributed by atoms with Crippen molar-refractivity contribution in [2.45, 2.75) is 58.4 Å². The molecule has 0 atom stereocenters. The van der Waals surface area contributed by atoms with Crippen LogP contribution in [0, 0.1) is 0 Å². The van der Waals surface area contributed by atoms with Crippen LogP contribution in [0.4, 0.5) is 10.5 Å². The van der Waals surface area contributed by atoms with Crippen molar-refractivity contribution in [3.05, 3.63) is 92.4 Å². The van der Waals surface area contributed by atoms with Crippen molar-refractivity contribution in [2.75, 3.05) is 18.4 Å². The molecule has 0 bridgehead atoms. The van der Waals surface area contributed by atoms with Crippen molar-refractivity contribution in [1.82, 2.24) is 10.2 Å². The molecule has 1 aliphatic rings. The standard InChI is InChI=1S/C30H35BrClN3O3/c1-3-22-6-5-7-23(4-2)28(22)33-29(36)34-30(37)14-16-35(17-15-30)19-24-18-25(31)10-13-27(24)38-20-21-8-11-26(32)12-9-21/h5-13,18,37H,3-4,14-17,19-20H2,1-2H3,(H2,33,34,36). The minimum absolute atomic E-state index is 0.374. The fourth-order valence-electron chi connectivity index (χ4n) is 4.76. The number of benzene rings is 3. The Labute approximate surface area is 238 Å². The van der Waals surface area contributed by atoms with E-state index in [4.69, 9.17) is 16.3 Å². The number of rotatable bonds is 9. The Hall–Kier alpha value is -2.58. The molecular weight excluding hydrogens is 566 g/mol. The van der Waals surface area contributed by atoms with Gasteiger partial charge in [-0.3, -0.25) is 4.90 Å². The number of amides is 2. The van der Waals surface area contributed by atoms with Crippen molar-refractivity contribution in [1.29, 1.82) is 0 Å². The number of carbonyl (C=O) groups excluding carboxylic acids is 1. The second-order valence-electron chi connectivity index (χ2n) is 9.71. The number of para-hydroxylation sites is 1. The molecule has 3 aromatic rings. The molecule has 202 valence electrons. The number of ether oxygens (including phenoxy) is 1. The van der Waals surface area contributed by atoms with Gasteiger partial charge in [0.1, 0.15) is 18.1 Å². The molecule has 8 heteroatoms. The predicted molar refractivity (Wildman–Crippen MR) is 157 cm³/mol. The second kappa shape index (κ2) is 13.0. The Morgan fingerprint density at radius 1 is 1.03 bits per heavy atom. The Morgan fingerprint density at radius 2 is 1.68 bits per heavy atom. The van der Waals surface area contributed by atoms with Crippen LogP contribution in [0.2, 0.25) is 5.02 Å². The molecule has 2 amide bonds. The lowest BCUT2D eigenvalue weighted by Crippen LogP contribution is -2.56. The highest BCUT2D eigenvalue weighted by molar-refractivity contribution is 9.10. The van der Waals surface area contributed by atoms with Gasteiger partial charge in [-0.2, -0.15) is 0 Å². The van der Waals surface area contributed by atoms with Crippen LogP contribution < -0.4 is 15.4 Å². The summed E-state index contributed by atoms with van der Waals surface area (Å²) in [7, 11) is 0. The zero-order valence-electron chi connectivity index (χ0n) is 21.9. The fraction of sp³-hybridized carbons (Fsp3) is 0.367. The van der Waals surface area contributed by atoms with Crippen LogP contribution in [0.15, 0.2) is 65.1 Å². The minimum atomic E-state index is -1.25. The largest absolute Gasteiger partial charge is 0.489 e. The maximum atomic E-state index is 12.9. The van der Waals surface area contributed by atoms with Crippen molar-refractivity contribution < 1.29 is 14.6 Å². The minimum Gasteiger partial charge on any atom is -0.489 e. The maximum Gasteiger partial charge on any atom is 0.321 e. The van der Waals surface area contributed by atoms with Gasteiger partial charge < -0.3 is 20.5 Å². The number of likely N-dealkylation sites (tertiary alicyclic amines) is 1. The highest BCUT2D eigenvalue weighted by atomic mass is 79.9. The van der Waals surface area contributed by atoms with Crippen LogP contribution in [0.25, 0.3) is 0 Å². The van der Waals surface area contributed by atoms with Crippen LogP contribution in [-0.2, 0) is 26.0 Å². The van der Waals surface area contributed by atoms with Gasteiger partial charge >= 0.3 is 6.03 Å². The molecule has 6 nitrogen and oxygen atoms in total. The van der Waals surface area contributed by atoms with Gasteiger partial charge in [-0.05, 0) is 59.9 Å². The Morgan fingerprint density at radius 3 is 2.32 bits per heavy atom. The van der Waals surface area contributed by atoms with Gasteiger partial charge in [0, 0.05) is 53.2 Å². The van der Waals surface area contributed by atoms with Crippen LogP contribution in [0.1, 0.15) is 48.9 Å². The van der Waals surface area contributed by atoms with Crippen molar-refractivity contribution >= 4 is 39.2 Å². The molecule has 0 saturated carbocycles. The van der Waals surface area contributed by atoms with E-state index in [1.54, 1.807) is 0 Å². The molecule has 0 radical (unpaired) electrons. The molecule has 0 unspecified atom stereocenters. The molecule has 0 spiro atoms. The number of halogens is 2. The van der Waals surface area contributed by atoms with Crippen LogP contribution >= 0.6 is 27.5 Å². The number of hydrogen-bond donors (Lipinski definition) is 3. The first-order chi connectivity index (χ1) is 18.3. The van der Waals surface area contributed by atoms with Crippen LogP contribution in [-0.4, -0.2) is 34.9 Å². The first-order valence-electron chi connectivity index (χ1n) is 13.1. The molecule has 4 rings (SSSR count). The molecule has 1 aliphatic heterocycles. The third-order valence-electron chi connectivity index (χ3n) is 6.99. The molecule has 3 N–H and O–H groups in total. The van der Waals surface area contributed by atoms with Gasteiger partial charge in [0.05, 0.1) is 0 Å². The van der Waals surface area contributed by atoms with E-state index in [2.05, 4.69) is 51.4 Å². The molecule has 3 aromatic carbocycles. The summed E-state index contributed by atoms with van der Waals surface area (Å²) in [5.74, 6) is 0.822. The van der Waals surface area contributed by atoms with E-state index in [9.17, 15) is 9.90 Å². The van der Waals surface area contributed by atoms with Crippen molar-refractivity contribution in [3.63, 3.8) is 0 Å². The summed E-state index contributed by atoms with van der Waals surface area (Å²) in [5, 5.41) is 17.7. The van der Waals surface area contributed by atoms with Gasteiger partial charge in [0.25, 0.3) is 0 Å². The van der Waals surface area contributed by atoms with Gasteiger partial charge in [-0.1, -0.05) is 71.7 Å². The SMILES string of the molecule is CCc1cccc(CC)c1NC(=O)NC1(O)CCN(Cc2cc(Br)ccc2OCc2ccc(Cl)cc2)CC1. The first-order valence-corrected chi connectivity index (χ1v) is 14.3. The molecular formula is C30H35BrClN3O3. The van der Waals surface area contributed by atoms with Crippen LogP contribution in [0.3, 0.4) is 0 Å². The van der Waals surface area contributed by atoms with Crippen molar-refractivity contribution in [3.8, 4) is 5.75 Å². The van der Waals surface area contributed by atoms with E-state index in [0.717, 1.165) is 51.0 Å². The van der Waals surface area contributed by atoms with Gasteiger partial charge in [0.15, 0.2) is 0 Å². The number of aryl methyl sites for hydroxylation is 2. The molecule has 1 heterocycles. The molecule has 1 saturated heterocycles. The third-order valence-corrected chi connectivity index (χ3v) is 7.74. The highest BCUT2D eigenvalue weighted by Crippen LogP contribution is 2.29. The number of carbonyl (C=O) groups is 1. The van der Waals surface area contributed by atoms with E-state index in [0.29, 0.717) is 44.1 Å². The summed E-state index contributed by atoms with van der Waals surface area (Å²) in [5.41, 5.74) is 3.88. The summed E-state index contributed by atoms with van der Waals surface area (Å²) in [6.07, 6.45) is 2.52. The van der Waals surface area contributed by atoms with Crippen molar-refractivity contribution in [2.24, 2.45) is 0 Å². The summed E-state index contributed by atoms with van der Waals surface area (Å²) in [4.78, 5) is 15.1. The van der Waals surface area contributed by atoms with Gasteiger partial charge in [0.2, 0.25) is 0 Å². The van der Waals surface area contributed by atoms with E-state index < -0.39 is 5.72 Å². The number of nitrogens with zero attached hydrogens (tertiary/aromatic N) is 1. The lowest BCUT2D eigenvalue weighted by atomic mass is 9.99. The third kappa shape index (κ3) is 7.50. The smallest absolute Gasteiger partial charge is 0.321 e. The van der Waals surface area contributed by atoms with E-state index >= 15 is 0 Å². The average molecular weight is 601 g/mol. The number of urea groups is 1. The number of aliphatic hydroxyl groups is 1. The van der Waals surface area contributed by atoms with E-state index in [1.807, 2.05) is 54.6 Å². The van der Waals surface area contributed by atoms with Gasteiger partial charge in [-0.25, -0.2) is 4.79 Å². The molecule has 0 aromatic heterocycles. The normalized spacial score (nSPS) is 15.2. The lowest BCUT2D eigenvalue weighted by molar-refractivity contribution is -0.0390. The molecule has 1 fully saturated rings. The summed E-state index contributed by atoms with van der Waals surface area (Å²) >= 11 is 9.57. The maximum absolute atomic E-state index is 12.9. The molecule has 0 aliphatic carbocycles. The first kappa shape index (κ1) is 28.4. The summed E-state index contributed by atoms with van der Waals surface area (Å²) in [6, 6.07) is 19.3. The lowest BCUT2D eigenvalue weighted by Gasteiger charge is -2.38. The summed E-state index contributed by atoms with van der Waals surface area (Å²) < 4.78 is 7.13. The number of hydrogen-bond acceptors (Lipinski definition) is 4. The number of piperidine rings is 1. The number of anilines is 1. The van der Waals surface area contributed by atoms with Gasteiger partial charge in [-0.15, -0.1) is 0 Å². The predicted octanol–water partition coefficient (Wildman–Crippen LogP) is 6.91. The molecule has 38 heavy (non-hydrogen) atoms.